The van der Waals surface area contributed by atoms with Gasteiger partial charge in [-0.25, -0.2) is 4.79 Å². The molecule has 4 nitrogen and oxygen atoms in total. The smallest absolute Gasteiger partial charge is 0.319 e. The van der Waals surface area contributed by atoms with Gasteiger partial charge in [0.2, 0.25) is 0 Å². The highest BCUT2D eigenvalue weighted by molar-refractivity contribution is 5.74. The van der Waals surface area contributed by atoms with Crippen LogP contribution in [0.5, 0.6) is 0 Å². The van der Waals surface area contributed by atoms with Crippen molar-refractivity contribution >= 4 is 6.03 Å². The third-order valence-corrected chi connectivity index (χ3v) is 3.19. The van der Waals surface area contributed by atoms with E-state index in [1.165, 1.54) is 12.8 Å². The van der Waals surface area contributed by atoms with Gasteiger partial charge in [0.1, 0.15) is 0 Å². The number of urea groups is 1. The van der Waals surface area contributed by atoms with Gasteiger partial charge in [-0.15, -0.1) is 0 Å². The lowest BCUT2D eigenvalue weighted by atomic mass is 10.2. The summed E-state index contributed by atoms with van der Waals surface area (Å²) in [6, 6.07) is 0.169. The molecule has 16 heavy (non-hydrogen) atoms. The first-order valence-corrected chi connectivity index (χ1v) is 6.35. The average molecular weight is 227 g/mol. The topological polar surface area (TPSA) is 49.6 Å². The second-order valence-electron chi connectivity index (χ2n) is 4.91. The molecular formula is C12H25N3O. The summed E-state index contributed by atoms with van der Waals surface area (Å²) in [7, 11) is 1.87. The summed E-state index contributed by atoms with van der Waals surface area (Å²) in [6.45, 7) is 5.30. The number of likely N-dealkylation sites (tertiary alicyclic amines) is 1. The van der Waals surface area contributed by atoms with Crippen LogP contribution in [-0.4, -0.2) is 49.1 Å². The van der Waals surface area contributed by atoms with E-state index in [1.807, 2.05) is 16.8 Å². The van der Waals surface area contributed by atoms with Gasteiger partial charge in [0.25, 0.3) is 0 Å². The molecule has 1 aliphatic heterocycles. The summed E-state index contributed by atoms with van der Waals surface area (Å²) in [4.78, 5) is 15.9. The second-order valence-corrected chi connectivity index (χ2v) is 4.91. The van der Waals surface area contributed by atoms with Gasteiger partial charge in [0, 0.05) is 26.7 Å². The molecule has 0 saturated carbocycles. The van der Waals surface area contributed by atoms with Gasteiger partial charge < -0.3 is 15.5 Å². The van der Waals surface area contributed by atoms with Crippen molar-refractivity contribution in [1.29, 1.82) is 0 Å². The van der Waals surface area contributed by atoms with E-state index in [2.05, 4.69) is 6.92 Å². The second kappa shape index (κ2) is 6.74. The van der Waals surface area contributed by atoms with Crippen molar-refractivity contribution in [2.45, 2.75) is 32.6 Å². The minimum atomic E-state index is 0.169. The number of carbonyl (C=O) groups excluding carboxylic acids is 1. The maximum Gasteiger partial charge on any atom is 0.319 e. The van der Waals surface area contributed by atoms with Crippen LogP contribution < -0.4 is 5.73 Å². The Kier molecular flexibility index (Phi) is 5.60. The molecule has 94 valence electrons. The van der Waals surface area contributed by atoms with Crippen LogP contribution in [0, 0.1) is 5.92 Å². The number of nitrogens with two attached hydrogens (primary N) is 1. The van der Waals surface area contributed by atoms with E-state index in [1.54, 1.807) is 0 Å². The van der Waals surface area contributed by atoms with Crippen LogP contribution in [0.2, 0.25) is 0 Å². The van der Waals surface area contributed by atoms with E-state index in [-0.39, 0.29) is 6.03 Å². The Bertz CT molecular complexity index is 212. The zero-order valence-electron chi connectivity index (χ0n) is 10.6. The molecule has 0 radical (unpaired) electrons. The highest BCUT2D eigenvalue weighted by atomic mass is 16.2. The fraction of sp³-hybridized carbons (Fsp3) is 0.917. The van der Waals surface area contributed by atoms with Crippen molar-refractivity contribution in [3.05, 3.63) is 0 Å². The fourth-order valence-corrected chi connectivity index (χ4v) is 2.12. The lowest BCUT2D eigenvalue weighted by molar-refractivity contribution is 0.159. The molecule has 2 amide bonds. The van der Waals surface area contributed by atoms with Crippen molar-refractivity contribution in [2.75, 3.05) is 33.2 Å². The minimum absolute atomic E-state index is 0.169. The molecule has 1 atom stereocenters. The summed E-state index contributed by atoms with van der Waals surface area (Å²) in [6.07, 6.45) is 4.80. The Morgan fingerprint density at radius 1 is 1.31 bits per heavy atom. The summed E-state index contributed by atoms with van der Waals surface area (Å²) >= 11 is 0. The number of nitrogens with zero attached hydrogens (tertiary/aromatic N) is 2. The molecule has 2 N–H and O–H groups in total. The molecule has 0 spiro atoms. The molecule has 0 aliphatic carbocycles. The van der Waals surface area contributed by atoms with Crippen LogP contribution >= 0.6 is 0 Å². The molecule has 1 unspecified atom stereocenters. The molecule has 0 bridgehead atoms. The van der Waals surface area contributed by atoms with E-state index in [4.69, 9.17) is 5.73 Å². The highest BCUT2D eigenvalue weighted by Gasteiger charge is 2.19. The van der Waals surface area contributed by atoms with Gasteiger partial charge in [-0.1, -0.05) is 19.8 Å². The summed E-state index contributed by atoms with van der Waals surface area (Å²) in [5.74, 6) is 0.376. The first-order chi connectivity index (χ1) is 7.65. The van der Waals surface area contributed by atoms with E-state index < -0.39 is 0 Å². The molecule has 1 saturated heterocycles. The monoisotopic (exact) mass is 227 g/mol. The van der Waals surface area contributed by atoms with Crippen molar-refractivity contribution in [2.24, 2.45) is 11.7 Å². The van der Waals surface area contributed by atoms with E-state index in [0.29, 0.717) is 12.5 Å². The average Bonchev–Trinajstić information content (AvgIpc) is 2.56. The quantitative estimate of drug-likeness (QED) is 0.794. The normalized spacial score (nSPS) is 19.1. The third-order valence-electron chi connectivity index (χ3n) is 3.19. The van der Waals surface area contributed by atoms with Crippen LogP contribution in [0.3, 0.4) is 0 Å². The largest absolute Gasteiger partial charge is 0.330 e. The standard InChI is InChI=1S/C12H25N3O/c1-11(9-13)10-14(2)12(16)15-7-5-3-4-6-8-15/h11H,3-10,13H2,1-2H3. The van der Waals surface area contributed by atoms with Gasteiger partial charge in [0.15, 0.2) is 0 Å². The summed E-state index contributed by atoms with van der Waals surface area (Å²) in [5, 5.41) is 0. The molecule has 0 aromatic carbocycles. The van der Waals surface area contributed by atoms with Crippen LogP contribution in [0.1, 0.15) is 32.6 Å². The van der Waals surface area contributed by atoms with Gasteiger partial charge in [-0.2, -0.15) is 0 Å². The Hall–Kier alpha value is -0.770. The Morgan fingerprint density at radius 3 is 2.38 bits per heavy atom. The van der Waals surface area contributed by atoms with Crippen molar-refractivity contribution in [1.82, 2.24) is 9.80 Å². The van der Waals surface area contributed by atoms with E-state index in [0.717, 1.165) is 32.5 Å². The lowest BCUT2D eigenvalue weighted by Crippen LogP contribution is -2.43. The fourth-order valence-electron chi connectivity index (χ4n) is 2.12. The number of rotatable bonds is 3. The molecular weight excluding hydrogens is 202 g/mol. The number of hydrogen-bond donors (Lipinski definition) is 1. The summed E-state index contributed by atoms with van der Waals surface area (Å²) in [5.41, 5.74) is 5.57. The predicted octanol–water partition coefficient (Wildman–Crippen LogP) is 1.51. The predicted molar refractivity (Wildman–Crippen MR) is 66.3 cm³/mol. The number of carbonyl (C=O) groups is 1. The van der Waals surface area contributed by atoms with Crippen LogP contribution in [-0.2, 0) is 0 Å². The zero-order valence-corrected chi connectivity index (χ0v) is 10.6. The van der Waals surface area contributed by atoms with Crippen LogP contribution in [0.25, 0.3) is 0 Å². The first kappa shape index (κ1) is 13.3. The SMILES string of the molecule is CC(CN)CN(C)C(=O)N1CCCCCC1. The van der Waals surface area contributed by atoms with Crippen LogP contribution in [0.4, 0.5) is 4.79 Å². The van der Waals surface area contributed by atoms with Crippen molar-refractivity contribution in [3.63, 3.8) is 0 Å². The lowest BCUT2D eigenvalue weighted by Gasteiger charge is -2.28. The Morgan fingerprint density at radius 2 is 1.88 bits per heavy atom. The molecule has 1 rings (SSSR count). The molecule has 1 aliphatic rings. The third kappa shape index (κ3) is 4.00. The minimum Gasteiger partial charge on any atom is -0.330 e. The maximum atomic E-state index is 12.1. The molecule has 1 fully saturated rings. The van der Waals surface area contributed by atoms with Crippen molar-refractivity contribution < 1.29 is 4.79 Å². The zero-order chi connectivity index (χ0) is 12.0. The summed E-state index contributed by atoms with van der Waals surface area (Å²) < 4.78 is 0. The van der Waals surface area contributed by atoms with Gasteiger partial charge in [0.05, 0.1) is 0 Å². The molecule has 0 aromatic heterocycles. The van der Waals surface area contributed by atoms with E-state index >= 15 is 0 Å². The maximum absolute atomic E-state index is 12.1. The number of amides is 2. The number of hydrogen-bond acceptors (Lipinski definition) is 2. The van der Waals surface area contributed by atoms with E-state index in [9.17, 15) is 4.79 Å². The molecule has 4 heteroatoms. The highest BCUT2D eigenvalue weighted by Crippen LogP contribution is 2.11. The van der Waals surface area contributed by atoms with Gasteiger partial charge >= 0.3 is 6.03 Å². The molecule has 1 heterocycles. The first-order valence-electron chi connectivity index (χ1n) is 6.35. The van der Waals surface area contributed by atoms with Gasteiger partial charge in [-0.05, 0) is 25.3 Å². The Balaban J connectivity index is 2.41. The van der Waals surface area contributed by atoms with Gasteiger partial charge in [-0.3, -0.25) is 0 Å². The molecule has 0 aromatic rings. The van der Waals surface area contributed by atoms with Crippen LogP contribution in [0.15, 0.2) is 0 Å². The van der Waals surface area contributed by atoms with Crippen molar-refractivity contribution in [3.8, 4) is 0 Å². The Labute approximate surface area is 98.8 Å².